The van der Waals surface area contributed by atoms with Crippen molar-refractivity contribution in [1.82, 2.24) is 5.32 Å². The highest BCUT2D eigenvalue weighted by Crippen LogP contribution is 2.19. The molecule has 1 amide bonds. The highest BCUT2D eigenvalue weighted by Gasteiger charge is 2.20. The van der Waals surface area contributed by atoms with E-state index in [1.165, 1.54) is 315 Å². The Bertz CT molecular complexity index is 1300. The lowest BCUT2D eigenvalue weighted by atomic mass is 10.0. The van der Waals surface area contributed by atoms with Crippen molar-refractivity contribution < 1.29 is 24.5 Å². The second-order valence-corrected chi connectivity index (χ2v) is 24.9. The van der Waals surface area contributed by atoms with Crippen molar-refractivity contribution >= 4 is 11.9 Å². The fourth-order valence-electron chi connectivity index (χ4n) is 11.4. The van der Waals surface area contributed by atoms with Gasteiger partial charge in [0.15, 0.2) is 0 Å². The Kier molecular flexibility index (Phi) is 67.9. The summed E-state index contributed by atoms with van der Waals surface area (Å²) in [6.45, 7) is 4.94. The second-order valence-electron chi connectivity index (χ2n) is 24.9. The van der Waals surface area contributed by atoms with Crippen LogP contribution in [-0.2, 0) is 14.3 Å². The van der Waals surface area contributed by atoms with Crippen LogP contribution in [0.1, 0.15) is 399 Å². The predicted octanol–water partition coefficient (Wildman–Crippen LogP) is 23.5. The first-order chi connectivity index (χ1) is 39.5. The number of ether oxygens (including phenoxy) is 1. The normalized spacial score (nSPS) is 12.7. The Labute approximate surface area is 500 Å². The average molecular weight is 1120 g/mol. The van der Waals surface area contributed by atoms with Gasteiger partial charge in [0.05, 0.1) is 25.4 Å². The molecule has 80 heavy (non-hydrogen) atoms. The molecule has 6 nitrogen and oxygen atoms in total. The number of carbonyl (C=O) groups excluding carboxylic acids is 2. The van der Waals surface area contributed by atoms with E-state index in [1.807, 2.05) is 0 Å². The largest absolute Gasteiger partial charge is 0.466 e. The van der Waals surface area contributed by atoms with E-state index in [4.69, 9.17) is 4.74 Å². The number of carbonyl (C=O) groups is 2. The molecule has 0 aliphatic rings. The molecule has 2 atom stereocenters. The highest BCUT2D eigenvalue weighted by atomic mass is 16.5. The van der Waals surface area contributed by atoms with Crippen LogP contribution in [0.3, 0.4) is 0 Å². The van der Waals surface area contributed by atoms with Crippen LogP contribution in [0.5, 0.6) is 0 Å². The molecule has 0 radical (unpaired) electrons. The zero-order valence-corrected chi connectivity index (χ0v) is 54.1. The Hall–Kier alpha value is -1.92. The van der Waals surface area contributed by atoms with Crippen molar-refractivity contribution in [2.45, 2.75) is 411 Å². The van der Waals surface area contributed by atoms with Gasteiger partial charge >= 0.3 is 5.97 Å². The van der Waals surface area contributed by atoms with Crippen LogP contribution in [0, 0.1) is 0 Å². The molecule has 0 rings (SSSR count). The van der Waals surface area contributed by atoms with Crippen LogP contribution in [0.15, 0.2) is 36.5 Å². The lowest BCUT2D eigenvalue weighted by Crippen LogP contribution is -2.45. The zero-order valence-electron chi connectivity index (χ0n) is 54.1. The first-order valence-corrected chi connectivity index (χ1v) is 36.2. The summed E-state index contributed by atoms with van der Waals surface area (Å²) in [5.74, 6) is -0.0226. The van der Waals surface area contributed by atoms with E-state index in [0.717, 1.165) is 51.4 Å². The average Bonchev–Trinajstić information content (AvgIpc) is 3.46. The van der Waals surface area contributed by atoms with Gasteiger partial charge in [0.25, 0.3) is 0 Å². The van der Waals surface area contributed by atoms with E-state index < -0.39 is 12.1 Å². The summed E-state index contributed by atoms with van der Waals surface area (Å²) in [4.78, 5) is 24.5. The summed E-state index contributed by atoms with van der Waals surface area (Å²) in [6, 6.07) is -0.537. The minimum absolute atomic E-state index is 0.00763. The number of amides is 1. The number of unbranched alkanes of at least 4 members (excludes halogenated alkanes) is 51. The molecule has 6 heteroatoms. The van der Waals surface area contributed by atoms with Gasteiger partial charge in [-0.15, -0.1) is 0 Å². The number of rotatable bonds is 68. The molecule has 0 aliphatic carbocycles. The molecule has 2 unspecified atom stereocenters. The van der Waals surface area contributed by atoms with Crippen molar-refractivity contribution in [2.24, 2.45) is 0 Å². The monoisotopic (exact) mass is 1120 g/mol. The van der Waals surface area contributed by atoms with Crippen LogP contribution in [0.25, 0.3) is 0 Å². The summed E-state index contributed by atoms with van der Waals surface area (Å²) in [5.41, 5.74) is 0. The molecule has 0 aliphatic heterocycles. The maximum atomic E-state index is 12.5. The molecule has 0 spiro atoms. The maximum Gasteiger partial charge on any atom is 0.305 e. The summed E-state index contributed by atoms with van der Waals surface area (Å²) in [5, 5.41) is 23.2. The van der Waals surface area contributed by atoms with Crippen molar-refractivity contribution in [2.75, 3.05) is 13.2 Å². The van der Waals surface area contributed by atoms with Gasteiger partial charge in [-0.3, -0.25) is 9.59 Å². The summed E-state index contributed by atoms with van der Waals surface area (Å²) >= 11 is 0. The lowest BCUT2D eigenvalue weighted by molar-refractivity contribution is -0.143. The van der Waals surface area contributed by atoms with Gasteiger partial charge in [0, 0.05) is 12.8 Å². The van der Waals surface area contributed by atoms with Gasteiger partial charge in [0.2, 0.25) is 5.91 Å². The van der Waals surface area contributed by atoms with E-state index in [0.29, 0.717) is 25.9 Å². The number of aliphatic hydroxyl groups excluding tert-OH is 2. The molecule has 0 saturated heterocycles. The van der Waals surface area contributed by atoms with Gasteiger partial charge in [-0.05, 0) is 83.5 Å². The summed E-state index contributed by atoms with van der Waals surface area (Å²) in [7, 11) is 0. The maximum absolute atomic E-state index is 12.5. The molecule has 472 valence electrons. The van der Waals surface area contributed by atoms with E-state index >= 15 is 0 Å². The zero-order chi connectivity index (χ0) is 57.8. The van der Waals surface area contributed by atoms with Gasteiger partial charge in [0.1, 0.15) is 0 Å². The van der Waals surface area contributed by atoms with Crippen molar-refractivity contribution in [1.29, 1.82) is 0 Å². The number of nitrogens with one attached hydrogen (secondary N) is 1. The highest BCUT2D eigenvalue weighted by molar-refractivity contribution is 5.76. The molecular formula is C74H141NO5. The van der Waals surface area contributed by atoms with Crippen LogP contribution < -0.4 is 5.32 Å². The molecule has 0 aromatic rings. The standard InChI is InChI=1S/C74H141NO5/c1-3-5-7-9-11-13-15-16-40-44-48-52-56-60-64-68-74(79)80-69-65-61-57-53-49-45-42-39-37-35-33-31-29-27-25-23-21-19-17-18-20-22-24-26-28-30-32-34-36-38-41-43-47-51-55-59-63-67-73(78)75-71(70-76)72(77)66-62-58-54-50-46-14-12-10-8-6-4-2/h11,13,16-17,19,40,71-72,76-77H,3-10,12,14-15,18,20-39,41-70H2,1-2H3,(H,75,78)/b13-11-,19-17-,40-16-. The first-order valence-electron chi connectivity index (χ1n) is 36.2. The summed E-state index contributed by atoms with van der Waals surface area (Å²) in [6.07, 6.45) is 89.4. The fraction of sp³-hybridized carbons (Fsp3) is 0.892. The number of allylic oxidation sites excluding steroid dienone is 6. The van der Waals surface area contributed by atoms with Crippen molar-refractivity contribution in [3.8, 4) is 0 Å². The summed E-state index contributed by atoms with van der Waals surface area (Å²) < 4.78 is 5.49. The SMILES string of the molecule is CCCCC/C=C\C/C=C\CCCCCCCC(=O)OCCCCCCCCCCCCCCCCCC/C=C\CCCCCCCCCCCCCCCCCCCC(=O)NC(CO)C(O)CCCCCCCCCCCCC. The predicted molar refractivity (Wildman–Crippen MR) is 352 cm³/mol. The van der Waals surface area contributed by atoms with E-state index in [2.05, 4.69) is 55.6 Å². The lowest BCUT2D eigenvalue weighted by Gasteiger charge is -2.22. The Balaban J connectivity index is 3.31. The van der Waals surface area contributed by atoms with Gasteiger partial charge in [-0.1, -0.05) is 339 Å². The van der Waals surface area contributed by atoms with Crippen molar-refractivity contribution in [3.05, 3.63) is 36.5 Å². The smallest absolute Gasteiger partial charge is 0.305 e. The molecule has 0 aromatic heterocycles. The Morgan fingerprint density at radius 2 is 0.625 bits per heavy atom. The number of aliphatic hydroxyl groups is 2. The second kappa shape index (κ2) is 69.6. The van der Waals surface area contributed by atoms with Crippen LogP contribution in [0.4, 0.5) is 0 Å². The Morgan fingerprint density at radius 1 is 0.350 bits per heavy atom. The molecular weight excluding hydrogens is 983 g/mol. The quantitative estimate of drug-likeness (QED) is 0.0320. The molecule has 0 aromatic carbocycles. The third kappa shape index (κ3) is 65.2. The van der Waals surface area contributed by atoms with E-state index in [-0.39, 0.29) is 18.5 Å². The van der Waals surface area contributed by atoms with E-state index in [9.17, 15) is 19.8 Å². The topological polar surface area (TPSA) is 95.9 Å². The van der Waals surface area contributed by atoms with E-state index in [1.54, 1.807) is 0 Å². The minimum atomic E-state index is -0.660. The first kappa shape index (κ1) is 78.1. The minimum Gasteiger partial charge on any atom is -0.466 e. The number of hydrogen-bond donors (Lipinski definition) is 3. The van der Waals surface area contributed by atoms with Gasteiger partial charge in [-0.25, -0.2) is 0 Å². The van der Waals surface area contributed by atoms with Crippen LogP contribution in [0.2, 0.25) is 0 Å². The molecule has 0 saturated carbocycles. The fourth-order valence-corrected chi connectivity index (χ4v) is 11.4. The molecule has 3 N–H and O–H groups in total. The van der Waals surface area contributed by atoms with Gasteiger partial charge < -0.3 is 20.3 Å². The number of hydrogen-bond acceptors (Lipinski definition) is 5. The van der Waals surface area contributed by atoms with Gasteiger partial charge in [-0.2, -0.15) is 0 Å². The molecule has 0 heterocycles. The number of esters is 1. The van der Waals surface area contributed by atoms with Crippen LogP contribution in [-0.4, -0.2) is 47.4 Å². The molecule has 0 bridgehead atoms. The Morgan fingerprint density at radius 3 is 0.988 bits per heavy atom. The van der Waals surface area contributed by atoms with Crippen molar-refractivity contribution in [3.63, 3.8) is 0 Å². The third-order valence-electron chi connectivity index (χ3n) is 16.9. The third-order valence-corrected chi connectivity index (χ3v) is 16.9. The van der Waals surface area contributed by atoms with Crippen LogP contribution >= 0.6 is 0 Å². The molecule has 0 fully saturated rings.